The first-order chi connectivity index (χ1) is 8.65. The second kappa shape index (κ2) is 5.93. The average Bonchev–Trinajstić information content (AvgIpc) is 2.82. The quantitative estimate of drug-likeness (QED) is 0.825. The van der Waals surface area contributed by atoms with Crippen molar-refractivity contribution in [3.8, 4) is 0 Å². The van der Waals surface area contributed by atoms with Crippen LogP contribution in [0.25, 0.3) is 0 Å². The monoisotopic (exact) mass is 277 g/mol. The summed E-state index contributed by atoms with van der Waals surface area (Å²) in [6.07, 6.45) is 2.69. The molecule has 0 aliphatic rings. The molecule has 2 aromatic heterocycles. The molecule has 2 heterocycles. The summed E-state index contributed by atoms with van der Waals surface area (Å²) in [6.45, 7) is 2.14. The number of hydrogen-bond acceptors (Lipinski definition) is 4. The van der Waals surface area contributed by atoms with Gasteiger partial charge in [0, 0.05) is 29.1 Å². The van der Waals surface area contributed by atoms with Gasteiger partial charge in [0.1, 0.15) is 10.8 Å². The summed E-state index contributed by atoms with van der Waals surface area (Å²) in [5, 5.41) is 5.45. The molecule has 0 aliphatic carbocycles. The summed E-state index contributed by atoms with van der Waals surface area (Å²) >= 11 is 6.66. The summed E-state index contributed by atoms with van der Waals surface area (Å²) in [5.41, 5.74) is 6.32. The Balaban J connectivity index is 1.94. The van der Waals surface area contributed by atoms with Crippen molar-refractivity contribution in [2.24, 2.45) is 5.73 Å². The molecule has 2 rings (SSSR count). The van der Waals surface area contributed by atoms with Crippen molar-refractivity contribution in [1.29, 1.82) is 0 Å². The maximum absolute atomic E-state index is 5.53. The number of aromatic nitrogens is 1. The molecule has 1 unspecified atom stereocenters. The van der Waals surface area contributed by atoms with Crippen LogP contribution < -0.4 is 11.1 Å². The zero-order chi connectivity index (χ0) is 13.0. The largest absolute Gasteiger partial charge is 0.389 e. The minimum atomic E-state index is 0.340. The average molecular weight is 277 g/mol. The minimum Gasteiger partial charge on any atom is -0.389 e. The van der Waals surface area contributed by atoms with Gasteiger partial charge in [-0.05, 0) is 30.5 Å². The van der Waals surface area contributed by atoms with Crippen LogP contribution in [0.5, 0.6) is 0 Å². The topological polar surface area (TPSA) is 50.9 Å². The van der Waals surface area contributed by atoms with Crippen LogP contribution in [-0.4, -0.2) is 16.0 Å². The van der Waals surface area contributed by atoms with Gasteiger partial charge in [-0.2, -0.15) is 0 Å². The van der Waals surface area contributed by atoms with Gasteiger partial charge in [-0.3, -0.25) is 0 Å². The molecule has 18 heavy (non-hydrogen) atoms. The van der Waals surface area contributed by atoms with Gasteiger partial charge in [0.15, 0.2) is 0 Å². The zero-order valence-corrected chi connectivity index (χ0v) is 11.7. The van der Waals surface area contributed by atoms with Gasteiger partial charge in [-0.1, -0.05) is 18.3 Å². The molecule has 5 heteroatoms. The van der Waals surface area contributed by atoms with Gasteiger partial charge >= 0.3 is 0 Å². The zero-order valence-electron chi connectivity index (χ0n) is 10.1. The molecule has 0 fully saturated rings. The lowest BCUT2D eigenvalue weighted by Crippen LogP contribution is -2.18. The number of thiophene rings is 1. The molecule has 0 saturated carbocycles. The van der Waals surface area contributed by atoms with Crippen molar-refractivity contribution in [2.45, 2.75) is 19.4 Å². The van der Waals surface area contributed by atoms with Gasteiger partial charge in [0.25, 0.3) is 0 Å². The molecule has 0 aliphatic heterocycles. The van der Waals surface area contributed by atoms with E-state index in [0.29, 0.717) is 11.0 Å². The fraction of sp³-hybridized carbons (Fsp3) is 0.231. The van der Waals surface area contributed by atoms with Crippen molar-refractivity contribution < 1.29 is 0 Å². The van der Waals surface area contributed by atoms with E-state index >= 15 is 0 Å². The third kappa shape index (κ3) is 3.51. The van der Waals surface area contributed by atoms with Crippen LogP contribution in [0.1, 0.15) is 17.4 Å². The number of hydrogen-bond donors (Lipinski definition) is 2. The summed E-state index contributed by atoms with van der Waals surface area (Å²) in [5.74, 6) is 0.846. The lowest BCUT2D eigenvalue weighted by Gasteiger charge is -2.13. The molecule has 0 radical (unpaired) electrons. The molecule has 3 N–H and O–H groups in total. The minimum absolute atomic E-state index is 0.340. The Bertz CT molecular complexity index is 506. The SMILES string of the molecule is CC(Cc1cccs1)Nc1ccc(C(N)=S)cn1. The Morgan fingerprint density at radius 1 is 1.50 bits per heavy atom. The van der Waals surface area contributed by atoms with Crippen molar-refractivity contribution in [3.63, 3.8) is 0 Å². The fourth-order valence-corrected chi connectivity index (χ4v) is 2.62. The molecule has 94 valence electrons. The molecule has 0 bridgehead atoms. The molecule has 2 aromatic rings. The van der Waals surface area contributed by atoms with Crippen LogP contribution in [0.3, 0.4) is 0 Å². The van der Waals surface area contributed by atoms with E-state index in [0.717, 1.165) is 17.8 Å². The highest BCUT2D eigenvalue weighted by atomic mass is 32.1. The first-order valence-electron chi connectivity index (χ1n) is 5.70. The van der Waals surface area contributed by atoms with E-state index in [4.69, 9.17) is 18.0 Å². The highest BCUT2D eigenvalue weighted by molar-refractivity contribution is 7.80. The Morgan fingerprint density at radius 3 is 2.89 bits per heavy atom. The van der Waals surface area contributed by atoms with Gasteiger partial charge in [0.2, 0.25) is 0 Å². The van der Waals surface area contributed by atoms with Crippen molar-refractivity contribution in [2.75, 3.05) is 5.32 Å². The number of nitrogens with two attached hydrogens (primary N) is 1. The van der Waals surface area contributed by atoms with E-state index in [9.17, 15) is 0 Å². The van der Waals surface area contributed by atoms with Crippen molar-refractivity contribution in [3.05, 3.63) is 46.3 Å². The second-order valence-corrected chi connectivity index (χ2v) is 5.60. The molecular formula is C13H15N3S2. The van der Waals surface area contributed by atoms with Crippen LogP contribution in [0, 0.1) is 0 Å². The smallest absolute Gasteiger partial charge is 0.126 e. The third-order valence-electron chi connectivity index (χ3n) is 2.53. The molecule has 0 saturated heterocycles. The highest BCUT2D eigenvalue weighted by Crippen LogP contribution is 2.13. The summed E-state index contributed by atoms with van der Waals surface area (Å²) in [7, 11) is 0. The lowest BCUT2D eigenvalue weighted by molar-refractivity contribution is 0.794. The standard InChI is InChI=1S/C13H15N3S2/c1-9(7-11-3-2-6-18-11)16-12-5-4-10(8-15-12)13(14)17/h2-6,8-9H,7H2,1H3,(H2,14,17)(H,15,16). The first-order valence-corrected chi connectivity index (χ1v) is 6.98. The van der Waals surface area contributed by atoms with Crippen LogP contribution >= 0.6 is 23.6 Å². The second-order valence-electron chi connectivity index (χ2n) is 4.13. The maximum Gasteiger partial charge on any atom is 0.126 e. The maximum atomic E-state index is 5.53. The molecule has 3 nitrogen and oxygen atoms in total. The van der Waals surface area contributed by atoms with Crippen LogP contribution in [0.2, 0.25) is 0 Å². The van der Waals surface area contributed by atoms with Gasteiger partial charge in [-0.25, -0.2) is 4.98 Å². The fourth-order valence-electron chi connectivity index (χ4n) is 1.66. The molecular weight excluding hydrogens is 262 g/mol. The number of pyridine rings is 1. The molecule has 1 atom stereocenters. The molecule has 0 amide bonds. The predicted octanol–water partition coefficient (Wildman–Crippen LogP) is 2.82. The van der Waals surface area contributed by atoms with Gasteiger partial charge in [0.05, 0.1) is 0 Å². The predicted molar refractivity (Wildman–Crippen MR) is 81.2 cm³/mol. The highest BCUT2D eigenvalue weighted by Gasteiger charge is 2.05. The summed E-state index contributed by atoms with van der Waals surface area (Å²) in [6, 6.07) is 8.34. The lowest BCUT2D eigenvalue weighted by atomic mass is 10.2. The van der Waals surface area contributed by atoms with Crippen molar-refractivity contribution in [1.82, 2.24) is 4.98 Å². The van der Waals surface area contributed by atoms with E-state index in [2.05, 4.69) is 34.7 Å². The first kappa shape index (κ1) is 13.0. The molecule has 0 spiro atoms. The van der Waals surface area contributed by atoms with Gasteiger partial charge < -0.3 is 11.1 Å². The van der Waals surface area contributed by atoms with Crippen LogP contribution in [0.4, 0.5) is 5.82 Å². The van der Waals surface area contributed by atoms with E-state index in [1.165, 1.54) is 4.88 Å². The van der Waals surface area contributed by atoms with Gasteiger partial charge in [-0.15, -0.1) is 11.3 Å². The Morgan fingerprint density at radius 2 is 2.33 bits per heavy atom. The Hall–Kier alpha value is -1.46. The number of nitrogens with one attached hydrogen (secondary N) is 1. The number of thiocarbonyl (C=S) groups is 1. The van der Waals surface area contributed by atoms with E-state index in [1.807, 2.05) is 12.1 Å². The Kier molecular flexibility index (Phi) is 4.28. The molecule has 0 aromatic carbocycles. The number of anilines is 1. The van der Waals surface area contributed by atoms with E-state index < -0.39 is 0 Å². The normalized spacial score (nSPS) is 12.1. The van der Waals surface area contributed by atoms with E-state index in [1.54, 1.807) is 17.5 Å². The Labute approximate surface area is 116 Å². The number of rotatable bonds is 5. The van der Waals surface area contributed by atoms with Crippen LogP contribution in [-0.2, 0) is 6.42 Å². The van der Waals surface area contributed by atoms with Crippen LogP contribution in [0.15, 0.2) is 35.8 Å². The number of nitrogens with zero attached hydrogens (tertiary/aromatic N) is 1. The van der Waals surface area contributed by atoms with Crippen molar-refractivity contribution >= 4 is 34.4 Å². The summed E-state index contributed by atoms with van der Waals surface area (Å²) < 4.78 is 0. The summed E-state index contributed by atoms with van der Waals surface area (Å²) in [4.78, 5) is 6.04. The third-order valence-corrected chi connectivity index (χ3v) is 3.66. The van der Waals surface area contributed by atoms with E-state index in [-0.39, 0.29) is 0 Å².